The Bertz CT molecular complexity index is 939. The van der Waals surface area contributed by atoms with Crippen molar-refractivity contribution in [2.75, 3.05) is 33.3 Å². The fourth-order valence-electron chi connectivity index (χ4n) is 3.07. The van der Waals surface area contributed by atoms with Crippen LogP contribution in [0.4, 0.5) is 9.18 Å². The van der Waals surface area contributed by atoms with Crippen molar-refractivity contribution < 1.29 is 28.6 Å². The Morgan fingerprint density at radius 2 is 1.77 bits per heavy atom. The summed E-state index contributed by atoms with van der Waals surface area (Å²) in [5, 5.41) is 8.97. The predicted octanol–water partition coefficient (Wildman–Crippen LogP) is 3.25. The number of hydrogen-bond acceptors (Lipinski definition) is 4. The lowest BCUT2D eigenvalue weighted by Gasteiger charge is -2.32. The Labute approximate surface area is 173 Å². The molecule has 0 atom stereocenters. The highest BCUT2D eigenvalue weighted by atomic mass is 19.1. The third-order valence-electron chi connectivity index (χ3n) is 4.81. The van der Waals surface area contributed by atoms with Gasteiger partial charge < -0.3 is 24.4 Å². The van der Waals surface area contributed by atoms with E-state index < -0.39 is 6.09 Å². The van der Waals surface area contributed by atoms with Gasteiger partial charge in [-0.3, -0.25) is 4.79 Å². The summed E-state index contributed by atoms with van der Waals surface area (Å²) in [6, 6.07) is 11.6. The van der Waals surface area contributed by atoms with Crippen molar-refractivity contribution in [2.45, 2.75) is 6.61 Å². The highest BCUT2D eigenvalue weighted by Gasteiger charge is 2.22. The number of halogens is 1. The first-order valence-corrected chi connectivity index (χ1v) is 9.47. The number of piperazine rings is 1. The van der Waals surface area contributed by atoms with Gasteiger partial charge in [0.05, 0.1) is 7.11 Å². The number of amides is 2. The normalized spacial score (nSPS) is 14.1. The number of rotatable bonds is 6. The van der Waals surface area contributed by atoms with Gasteiger partial charge in [-0.2, -0.15) is 0 Å². The Hall–Kier alpha value is -3.55. The van der Waals surface area contributed by atoms with Crippen molar-refractivity contribution >= 4 is 18.1 Å². The van der Waals surface area contributed by atoms with Gasteiger partial charge in [-0.15, -0.1) is 0 Å². The standard InChI is InChI=1S/C22H23FN2O5/c1-29-20-14-16(6-8-19(20)30-15-17-4-2-3-5-18(17)23)7-9-21(26)24-10-12-25(13-11-24)22(27)28/h2-9,14H,10-13,15H2,1H3,(H,27,28). The van der Waals surface area contributed by atoms with Crippen LogP contribution < -0.4 is 9.47 Å². The molecule has 1 heterocycles. The zero-order valence-electron chi connectivity index (χ0n) is 16.6. The average molecular weight is 414 g/mol. The molecule has 2 amide bonds. The molecule has 0 saturated carbocycles. The molecule has 3 rings (SSSR count). The summed E-state index contributed by atoms with van der Waals surface area (Å²) in [7, 11) is 1.51. The van der Waals surface area contributed by atoms with Crippen molar-refractivity contribution in [3.63, 3.8) is 0 Å². The summed E-state index contributed by atoms with van der Waals surface area (Å²) in [4.78, 5) is 26.2. The zero-order valence-corrected chi connectivity index (χ0v) is 16.6. The molecule has 0 radical (unpaired) electrons. The van der Waals surface area contributed by atoms with Crippen LogP contribution in [0.5, 0.6) is 11.5 Å². The fourth-order valence-corrected chi connectivity index (χ4v) is 3.07. The maximum atomic E-state index is 13.7. The van der Waals surface area contributed by atoms with Crippen LogP contribution in [0.15, 0.2) is 48.5 Å². The minimum absolute atomic E-state index is 0.0685. The first kappa shape index (κ1) is 21.2. The SMILES string of the molecule is COc1cc(C=CC(=O)N2CCN(C(=O)O)CC2)ccc1OCc1ccccc1F. The summed E-state index contributed by atoms with van der Waals surface area (Å²) in [6.45, 7) is 1.40. The fraction of sp³-hybridized carbons (Fsp3) is 0.273. The van der Waals surface area contributed by atoms with Crippen molar-refractivity contribution in [1.82, 2.24) is 9.80 Å². The molecule has 2 aromatic rings. The molecule has 7 nitrogen and oxygen atoms in total. The molecule has 1 aliphatic heterocycles. The number of benzene rings is 2. The van der Waals surface area contributed by atoms with Gasteiger partial charge in [0.25, 0.3) is 0 Å². The average Bonchev–Trinajstić information content (AvgIpc) is 2.77. The van der Waals surface area contributed by atoms with Crippen molar-refractivity contribution in [3.8, 4) is 11.5 Å². The molecule has 1 saturated heterocycles. The molecule has 1 N–H and O–H groups in total. The van der Waals surface area contributed by atoms with Gasteiger partial charge in [-0.05, 0) is 29.8 Å². The van der Waals surface area contributed by atoms with Crippen LogP contribution in [0.2, 0.25) is 0 Å². The lowest BCUT2D eigenvalue weighted by Crippen LogP contribution is -2.49. The lowest BCUT2D eigenvalue weighted by molar-refractivity contribution is -0.127. The highest BCUT2D eigenvalue weighted by Crippen LogP contribution is 2.29. The van der Waals surface area contributed by atoms with E-state index in [1.54, 1.807) is 47.4 Å². The van der Waals surface area contributed by atoms with E-state index in [9.17, 15) is 14.0 Å². The van der Waals surface area contributed by atoms with Gasteiger partial charge in [0.15, 0.2) is 11.5 Å². The van der Waals surface area contributed by atoms with E-state index in [4.69, 9.17) is 14.6 Å². The molecule has 30 heavy (non-hydrogen) atoms. The molecule has 2 aromatic carbocycles. The summed E-state index contributed by atoms with van der Waals surface area (Å²) in [5.41, 5.74) is 1.18. The monoisotopic (exact) mass is 414 g/mol. The van der Waals surface area contributed by atoms with Crippen LogP contribution in [0, 0.1) is 5.82 Å². The Morgan fingerprint density at radius 3 is 2.43 bits per heavy atom. The molecule has 8 heteroatoms. The molecule has 158 valence electrons. The van der Waals surface area contributed by atoms with E-state index >= 15 is 0 Å². The summed E-state index contributed by atoms with van der Waals surface area (Å²) < 4.78 is 24.8. The van der Waals surface area contributed by atoms with E-state index in [2.05, 4.69) is 0 Å². The topological polar surface area (TPSA) is 79.3 Å². The Kier molecular flexibility index (Phi) is 6.90. The van der Waals surface area contributed by atoms with E-state index in [0.717, 1.165) is 5.56 Å². The van der Waals surface area contributed by atoms with Crippen LogP contribution >= 0.6 is 0 Å². The first-order valence-electron chi connectivity index (χ1n) is 9.47. The van der Waals surface area contributed by atoms with Crippen LogP contribution in [0.3, 0.4) is 0 Å². The third-order valence-corrected chi connectivity index (χ3v) is 4.81. The van der Waals surface area contributed by atoms with Crippen LogP contribution in [0.1, 0.15) is 11.1 Å². The minimum atomic E-state index is -0.970. The van der Waals surface area contributed by atoms with E-state index in [-0.39, 0.29) is 18.3 Å². The van der Waals surface area contributed by atoms with Crippen molar-refractivity contribution in [2.24, 2.45) is 0 Å². The molecule has 0 aliphatic carbocycles. The number of hydrogen-bond donors (Lipinski definition) is 1. The molecule has 0 unspecified atom stereocenters. The Balaban J connectivity index is 1.61. The van der Waals surface area contributed by atoms with Gasteiger partial charge in [0.2, 0.25) is 5.91 Å². The molecular formula is C22H23FN2O5. The maximum absolute atomic E-state index is 13.7. The number of ether oxygens (including phenoxy) is 2. The molecular weight excluding hydrogens is 391 g/mol. The van der Waals surface area contributed by atoms with Crippen LogP contribution in [0.25, 0.3) is 6.08 Å². The molecule has 0 bridgehead atoms. The summed E-state index contributed by atoms with van der Waals surface area (Å²) in [5.74, 6) is 0.419. The molecule has 1 aliphatic rings. The van der Waals surface area contributed by atoms with Crippen LogP contribution in [-0.4, -0.2) is 60.2 Å². The number of carboxylic acid groups (broad SMARTS) is 1. The number of nitrogens with zero attached hydrogens (tertiary/aromatic N) is 2. The number of carbonyl (C=O) groups is 2. The lowest BCUT2D eigenvalue weighted by atomic mass is 10.1. The Morgan fingerprint density at radius 1 is 1.07 bits per heavy atom. The summed E-state index contributed by atoms with van der Waals surface area (Å²) in [6.07, 6.45) is 2.14. The number of methoxy groups -OCH3 is 1. The van der Waals surface area contributed by atoms with Gasteiger partial charge in [0, 0.05) is 37.8 Å². The zero-order chi connectivity index (χ0) is 21.5. The second kappa shape index (κ2) is 9.78. The molecule has 0 aromatic heterocycles. The smallest absolute Gasteiger partial charge is 0.407 e. The number of carbonyl (C=O) groups excluding carboxylic acids is 1. The van der Waals surface area contributed by atoms with E-state index in [1.165, 1.54) is 24.2 Å². The van der Waals surface area contributed by atoms with Gasteiger partial charge in [0.1, 0.15) is 12.4 Å². The first-order chi connectivity index (χ1) is 14.5. The van der Waals surface area contributed by atoms with Crippen LogP contribution in [-0.2, 0) is 11.4 Å². The second-order valence-corrected chi connectivity index (χ2v) is 6.72. The van der Waals surface area contributed by atoms with Gasteiger partial charge >= 0.3 is 6.09 Å². The largest absolute Gasteiger partial charge is 0.493 e. The molecule has 1 fully saturated rings. The van der Waals surface area contributed by atoms with Crippen molar-refractivity contribution in [3.05, 3.63) is 65.5 Å². The predicted molar refractivity (Wildman–Crippen MR) is 109 cm³/mol. The van der Waals surface area contributed by atoms with Crippen molar-refractivity contribution in [1.29, 1.82) is 0 Å². The van der Waals surface area contributed by atoms with Gasteiger partial charge in [-0.25, -0.2) is 9.18 Å². The molecule has 0 spiro atoms. The van der Waals surface area contributed by atoms with E-state index in [1.807, 2.05) is 0 Å². The van der Waals surface area contributed by atoms with E-state index in [0.29, 0.717) is 43.2 Å². The third kappa shape index (κ3) is 5.28. The van der Waals surface area contributed by atoms with Gasteiger partial charge in [-0.1, -0.05) is 24.3 Å². The minimum Gasteiger partial charge on any atom is -0.493 e. The highest BCUT2D eigenvalue weighted by molar-refractivity contribution is 5.92. The summed E-state index contributed by atoms with van der Waals surface area (Å²) >= 11 is 0. The second-order valence-electron chi connectivity index (χ2n) is 6.72. The maximum Gasteiger partial charge on any atom is 0.407 e. The quantitative estimate of drug-likeness (QED) is 0.734.